The molecule has 0 amide bonds. The van der Waals surface area contributed by atoms with Gasteiger partial charge in [0.2, 0.25) is 0 Å². The van der Waals surface area contributed by atoms with Gasteiger partial charge in [0, 0.05) is 28.5 Å². The highest BCUT2D eigenvalue weighted by Gasteiger charge is 2.02. The van der Waals surface area contributed by atoms with Crippen molar-refractivity contribution in [1.82, 2.24) is 15.0 Å². The van der Waals surface area contributed by atoms with Crippen LogP contribution < -0.4 is 5.32 Å². The summed E-state index contributed by atoms with van der Waals surface area (Å²) in [4.78, 5) is 11.6. The lowest BCUT2D eigenvalue weighted by atomic mass is 10.2. The highest BCUT2D eigenvalue weighted by molar-refractivity contribution is 7.13. The molecule has 0 unspecified atom stereocenters. The third-order valence-corrected chi connectivity index (χ3v) is 3.78. The van der Waals surface area contributed by atoms with Gasteiger partial charge in [-0.15, -0.1) is 11.3 Å². The summed E-state index contributed by atoms with van der Waals surface area (Å²) in [5.74, 6) is 0. The molecule has 5 heteroatoms. The van der Waals surface area contributed by atoms with Crippen molar-refractivity contribution in [2.45, 2.75) is 13.5 Å². The Morgan fingerprint density at radius 2 is 2.05 bits per heavy atom. The van der Waals surface area contributed by atoms with Crippen molar-refractivity contribution in [1.29, 1.82) is 0 Å². The molecule has 3 rings (SSSR count). The molecule has 1 aromatic carbocycles. The maximum atomic E-state index is 4.30. The van der Waals surface area contributed by atoms with Gasteiger partial charge in [-0.25, -0.2) is 9.97 Å². The number of nitrogens with zero attached hydrogens (tertiary/aromatic N) is 2. The van der Waals surface area contributed by atoms with E-state index in [9.17, 15) is 0 Å². The number of hydrogen-bond acceptors (Lipinski definition) is 4. The quantitative estimate of drug-likeness (QED) is 0.763. The Morgan fingerprint density at radius 1 is 1.21 bits per heavy atom. The highest BCUT2D eigenvalue weighted by atomic mass is 32.1. The standard InChI is InChI=1S/C14H14N4S/c1-10-13(18-9-17-10)8-16-12-4-2-11(3-5-12)14-15-6-7-19-14/h2-7,9,16H,8H2,1H3,(H,17,18). The van der Waals surface area contributed by atoms with Gasteiger partial charge in [0.05, 0.1) is 18.6 Å². The zero-order valence-electron chi connectivity index (χ0n) is 10.6. The first-order valence-corrected chi connectivity index (χ1v) is 6.93. The second kappa shape index (κ2) is 5.24. The van der Waals surface area contributed by atoms with Crippen molar-refractivity contribution in [3.05, 3.63) is 53.6 Å². The molecule has 0 bridgehead atoms. The molecular formula is C14H14N4S. The van der Waals surface area contributed by atoms with Gasteiger partial charge in [-0.05, 0) is 31.2 Å². The Hall–Kier alpha value is -2.14. The second-order valence-electron chi connectivity index (χ2n) is 4.24. The van der Waals surface area contributed by atoms with Crippen LogP contribution in [0.15, 0.2) is 42.2 Å². The number of imidazole rings is 1. The van der Waals surface area contributed by atoms with Crippen molar-refractivity contribution in [2.75, 3.05) is 5.32 Å². The van der Waals surface area contributed by atoms with Crippen molar-refractivity contribution < 1.29 is 0 Å². The van der Waals surface area contributed by atoms with Crippen LogP contribution in [0.3, 0.4) is 0 Å². The fourth-order valence-corrected chi connectivity index (χ4v) is 2.49. The maximum Gasteiger partial charge on any atom is 0.123 e. The number of aromatic nitrogens is 3. The number of rotatable bonds is 4. The largest absolute Gasteiger partial charge is 0.379 e. The van der Waals surface area contributed by atoms with Gasteiger partial charge < -0.3 is 10.3 Å². The van der Waals surface area contributed by atoms with Crippen LogP contribution >= 0.6 is 11.3 Å². The Balaban J connectivity index is 1.68. The van der Waals surface area contributed by atoms with Gasteiger partial charge in [-0.2, -0.15) is 0 Å². The van der Waals surface area contributed by atoms with Gasteiger partial charge in [-0.3, -0.25) is 0 Å². The molecule has 2 aromatic heterocycles. The molecule has 0 saturated carbocycles. The predicted molar refractivity (Wildman–Crippen MR) is 78.2 cm³/mol. The molecule has 0 aliphatic carbocycles. The molecule has 4 nitrogen and oxygen atoms in total. The molecular weight excluding hydrogens is 256 g/mol. The Bertz CT molecular complexity index is 640. The van der Waals surface area contributed by atoms with E-state index in [0.717, 1.165) is 34.2 Å². The minimum absolute atomic E-state index is 0.728. The average molecular weight is 270 g/mol. The van der Waals surface area contributed by atoms with E-state index < -0.39 is 0 Å². The molecule has 0 atom stereocenters. The van der Waals surface area contributed by atoms with E-state index >= 15 is 0 Å². The molecule has 0 aliphatic heterocycles. The van der Waals surface area contributed by atoms with E-state index in [-0.39, 0.29) is 0 Å². The van der Waals surface area contributed by atoms with E-state index in [1.807, 2.05) is 18.5 Å². The van der Waals surface area contributed by atoms with Crippen LogP contribution in [-0.4, -0.2) is 15.0 Å². The molecule has 0 spiro atoms. The molecule has 96 valence electrons. The van der Waals surface area contributed by atoms with Crippen LogP contribution in [0.25, 0.3) is 10.6 Å². The van der Waals surface area contributed by atoms with Crippen LogP contribution in [-0.2, 0) is 6.54 Å². The minimum Gasteiger partial charge on any atom is -0.379 e. The first kappa shape index (κ1) is 11.9. The van der Waals surface area contributed by atoms with Crippen molar-refractivity contribution >= 4 is 17.0 Å². The normalized spacial score (nSPS) is 10.6. The first-order valence-electron chi connectivity index (χ1n) is 6.05. The Kier molecular flexibility index (Phi) is 3.29. The summed E-state index contributed by atoms with van der Waals surface area (Å²) in [6, 6.07) is 8.30. The summed E-state index contributed by atoms with van der Waals surface area (Å²) < 4.78 is 0. The lowest BCUT2D eigenvalue weighted by Gasteiger charge is -2.06. The number of benzene rings is 1. The SMILES string of the molecule is Cc1[nH]cnc1CNc1ccc(-c2nccs2)cc1. The van der Waals surface area contributed by atoms with E-state index in [1.54, 1.807) is 17.7 Å². The van der Waals surface area contributed by atoms with Crippen LogP contribution in [0.4, 0.5) is 5.69 Å². The zero-order valence-corrected chi connectivity index (χ0v) is 11.4. The van der Waals surface area contributed by atoms with Crippen LogP contribution in [0, 0.1) is 6.92 Å². The smallest absolute Gasteiger partial charge is 0.123 e. The molecule has 2 heterocycles. The summed E-state index contributed by atoms with van der Waals surface area (Å²) in [6.45, 7) is 2.75. The third-order valence-electron chi connectivity index (χ3n) is 2.96. The summed E-state index contributed by atoms with van der Waals surface area (Å²) in [5.41, 5.74) is 4.38. The number of thiazole rings is 1. The molecule has 3 aromatic rings. The summed E-state index contributed by atoms with van der Waals surface area (Å²) >= 11 is 1.65. The fourth-order valence-electron chi connectivity index (χ4n) is 1.85. The van der Waals surface area contributed by atoms with Crippen molar-refractivity contribution in [3.63, 3.8) is 0 Å². The monoisotopic (exact) mass is 270 g/mol. The van der Waals surface area contributed by atoms with Gasteiger partial charge in [0.15, 0.2) is 0 Å². The lowest BCUT2D eigenvalue weighted by molar-refractivity contribution is 1.05. The summed E-state index contributed by atoms with van der Waals surface area (Å²) in [6.07, 6.45) is 3.55. The number of aromatic amines is 1. The molecule has 0 saturated heterocycles. The zero-order chi connectivity index (χ0) is 13.1. The van der Waals surface area contributed by atoms with E-state index in [4.69, 9.17) is 0 Å². The predicted octanol–water partition coefficient (Wildman–Crippen LogP) is 3.45. The third kappa shape index (κ3) is 2.66. The molecule has 19 heavy (non-hydrogen) atoms. The summed E-state index contributed by atoms with van der Waals surface area (Å²) in [7, 11) is 0. The fraction of sp³-hybridized carbons (Fsp3) is 0.143. The van der Waals surface area contributed by atoms with Gasteiger partial charge in [0.25, 0.3) is 0 Å². The van der Waals surface area contributed by atoms with Gasteiger partial charge >= 0.3 is 0 Å². The number of nitrogens with one attached hydrogen (secondary N) is 2. The maximum absolute atomic E-state index is 4.30. The van der Waals surface area contributed by atoms with E-state index in [2.05, 4.69) is 44.5 Å². The molecule has 2 N–H and O–H groups in total. The van der Waals surface area contributed by atoms with Crippen LogP contribution in [0.1, 0.15) is 11.4 Å². The number of hydrogen-bond donors (Lipinski definition) is 2. The minimum atomic E-state index is 0.728. The van der Waals surface area contributed by atoms with Crippen molar-refractivity contribution in [3.8, 4) is 10.6 Å². The van der Waals surface area contributed by atoms with E-state index in [0.29, 0.717) is 0 Å². The van der Waals surface area contributed by atoms with Crippen LogP contribution in [0.5, 0.6) is 0 Å². The molecule has 0 aliphatic rings. The topological polar surface area (TPSA) is 53.6 Å². The van der Waals surface area contributed by atoms with Gasteiger partial charge in [-0.1, -0.05) is 0 Å². The molecule has 0 radical (unpaired) electrons. The Morgan fingerprint density at radius 3 is 2.68 bits per heavy atom. The summed E-state index contributed by atoms with van der Waals surface area (Å²) in [5, 5.41) is 6.40. The first-order chi connectivity index (χ1) is 9.33. The average Bonchev–Trinajstić information content (AvgIpc) is 3.09. The van der Waals surface area contributed by atoms with Gasteiger partial charge in [0.1, 0.15) is 5.01 Å². The Labute approximate surface area is 115 Å². The second-order valence-corrected chi connectivity index (χ2v) is 5.14. The highest BCUT2D eigenvalue weighted by Crippen LogP contribution is 2.23. The number of aryl methyl sites for hydroxylation is 1. The lowest BCUT2D eigenvalue weighted by Crippen LogP contribution is -2.01. The van der Waals surface area contributed by atoms with E-state index in [1.165, 1.54) is 0 Å². The number of H-pyrrole nitrogens is 1. The van der Waals surface area contributed by atoms with Crippen molar-refractivity contribution in [2.24, 2.45) is 0 Å². The van der Waals surface area contributed by atoms with Crippen LogP contribution in [0.2, 0.25) is 0 Å². The molecule has 0 fully saturated rings. The number of anilines is 1.